The summed E-state index contributed by atoms with van der Waals surface area (Å²) >= 11 is 0. The lowest BCUT2D eigenvalue weighted by atomic mass is 9.90. The maximum Gasteiger partial charge on any atom is 0.168 e. The molecule has 1 atom stereocenters. The minimum Gasteiger partial charge on any atom is -0.361 e. The lowest BCUT2D eigenvalue weighted by Gasteiger charge is -2.38. The zero-order valence-electron chi connectivity index (χ0n) is 16.9. The van der Waals surface area contributed by atoms with Gasteiger partial charge in [-0.3, -0.25) is 9.78 Å². The van der Waals surface area contributed by atoms with E-state index in [2.05, 4.69) is 53.5 Å². The predicted molar refractivity (Wildman–Crippen MR) is 113 cm³/mol. The maximum atomic E-state index is 13.2. The average molecular weight is 386 g/mol. The number of benzene rings is 1. The van der Waals surface area contributed by atoms with Crippen LogP contribution in [0.4, 0.5) is 5.82 Å². The van der Waals surface area contributed by atoms with Gasteiger partial charge >= 0.3 is 0 Å². The fraction of sp³-hybridized carbons (Fsp3) is 0.375. The Labute approximate surface area is 171 Å². The van der Waals surface area contributed by atoms with Crippen LogP contribution in [0.5, 0.6) is 0 Å². The molecule has 3 aromatic rings. The molecule has 0 amide bonds. The Balaban J connectivity index is 1.39. The fourth-order valence-corrected chi connectivity index (χ4v) is 4.88. The fourth-order valence-electron chi connectivity index (χ4n) is 4.88. The van der Waals surface area contributed by atoms with E-state index < -0.39 is 0 Å². The normalized spacial score (nSPS) is 20.0. The first kappa shape index (κ1) is 18.1. The Morgan fingerprint density at radius 2 is 1.86 bits per heavy atom. The molecule has 0 bridgehead atoms. The smallest absolute Gasteiger partial charge is 0.168 e. The first-order chi connectivity index (χ1) is 14.0. The summed E-state index contributed by atoms with van der Waals surface area (Å²) in [4.78, 5) is 17.8. The second-order valence-electron chi connectivity index (χ2n) is 8.96. The van der Waals surface area contributed by atoms with E-state index in [0.717, 1.165) is 30.8 Å². The Kier molecular flexibility index (Phi) is 4.26. The van der Waals surface area contributed by atoms with Crippen molar-refractivity contribution >= 4 is 11.6 Å². The van der Waals surface area contributed by atoms with Crippen molar-refractivity contribution in [2.24, 2.45) is 5.92 Å². The van der Waals surface area contributed by atoms with Gasteiger partial charge in [0.2, 0.25) is 0 Å². The number of carbonyl (C=O) groups excluding carboxylic acids is 1. The van der Waals surface area contributed by atoms with Crippen molar-refractivity contribution < 1.29 is 4.79 Å². The average Bonchev–Trinajstić information content (AvgIpc) is 3.32. The van der Waals surface area contributed by atoms with Crippen molar-refractivity contribution in [2.75, 3.05) is 5.32 Å². The van der Waals surface area contributed by atoms with E-state index in [-0.39, 0.29) is 17.4 Å². The predicted octanol–water partition coefficient (Wildman–Crippen LogP) is 4.56. The third kappa shape index (κ3) is 3.24. The molecule has 1 aliphatic heterocycles. The molecule has 1 unspecified atom stereocenters. The molecule has 1 aromatic carbocycles. The monoisotopic (exact) mass is 386 g/mol. The quantitative estimate of drug-likeness (QED) is 0.668. The van der Waals surface area contributed by atoms with E-state index in [9.17, 15) is 4.79 Å². The number of ketones is 1. The minimum atomic E-state index is -0.190. The summed E-state index contributed by atoms with van der Waals surface area (Å²) in [6.07, 6.45) is 6.96. The number of aromatic nitrogens is 3. The molecular formula is C24H26N4O. The van der Waals surface area contributed by atoms with Crippen molar-refractivity contribution in [1.29, 1.82) is 0 Å². The lowest BCUT2D eigenvalue weighted by molar-refractivity contribution is 0.0963. The standard InChI is InChI=1S/C24H26N4O/c1-24(2)14-21(20-9-5-6-10-25-20)27-23-19(15-26-28(23)24)22(29)13-16-11-17-7-3-4-8-18(17)12-16/h3-10,15-16,21,27H,11-14H2,1-2H3. The number of fused-ring (bicyclic) bond motifs is 2. The van der Waals surface area contributed by atoms with Crippen molar-refractivity contribution in [1.82, 2.24) is 14.8 Å². The number of nitrogens with one attached hydrogen (secondary N) is 1. The molecule has 2 aromatic heterocycles. The highest BCUT2D eigenvalue weighted by molar-refractivity contribution is 6.00. The van der Waals surface area contributed by atoms with Crippen LogP contribution in [0, 0.1) is 5.92 Å². The molecule has 29 heavy (non-hydrogen) atoms. The molecule has 5 heteroatoms. The Morgan fingerprint density at radius 1 is 1.14 bits per heavy atom. The van der Waals surface area contributed by atoms with Gasteiger partial charge in [0.1, 0.15) is 5.82 Å². The summed E-state index contributed by atoms with van der Waals surface area (Å²) in [6.45, 7) is 4.34. The third-order valence-electron chi connectivity index (χ3n) is 6.31. The van der Waals surface area contributed by atoms with Crippen LogP contribution in [0.2, 0.25) is 0 Å². The molecule has 3 heterocycles. The first-order valence-electron chi connectivity index (χ1n) is 10.4. The number of pyridine rings is 1. The van der Waals surface area contributed by atoms with Crippen LogP contribution in [0.3, 0.4) is 0 Å². The minimum absolute atomic E-state index is 0.0673. The Hall–Kier alpha value is -2.95. The van der Waals surface area contributed by atoms with Gasteiger partial charge in [0, 0.05) is 12.6 Å². The molecule has 0 saturated heterocycles. The number of rotatable bonds is 4. The second-order valence-corrected chi connectivity index (χ2v) is 8.96. The van der Waals surface area contributed by atoms with Gasteiger partial charge in [-0.15, -0.1) is 0 Å². The SMILES string of the molecule is CC1(C)CC(c2ccccn2)Nc2c(C(=O)CC3Cc4ccccc4C3)cnn21. The van der Waals surface area contributed by atoms with Crippen LogP contribution in [-0.2, 0) is 18.4 Å². The van der Waals surface area contributed by atoms with E-state index in [0.29, 0.717) is 17.9 Å². The van der Waals surface area contributed by atoms with E-state index >= 15 is 0 Å². The van der Waals surface area contributed by atoms with Crippen molar-refractivity contribution in [2.45, 2.75) is 51.1 Å². The summed E-state index contributed by atoms with van der Waals surface area (Å²) in [6, 6.07) is 14.6. The summed E-state index contributed by atoms with van der Waals surface area (Å²) in [5.41, 5.74) is 4.28. The molecular weight excluding hydrogens is 360 g/mol. The van der Waals surface area contributed by atoms with E-state index in [1.165, 1.54) is 11.1 Å². The molecule has 0 spiro atoms. The highest BCUT2D eigenvalue weighted by Crippen LogP contribution is 2.40. The van der Waals surface area contributed by atoms with Gasteiger partial charge in [-0.1, -0.05) is 30.3 Å². The molecule has 5 rings (SSSR count). The number of Topliss-reactive ketones (excluding diaryl/α,β-unsaturated/α-hetero) is 1. The zero-order valence-corrected chi connectivity index (χ0v) is 16.9. The van der Waals surface area contributed by atoms with E-state index in [4.69, 9.17) is 0 Å². The Morgan fingerprint density at radius 3 is 2.55 bits per heavy atom. The molecule has 5 nitrogen and oxygen atoms in total. The van der Waals surface area contributed by atoms with Crippen LogP contribution >= 0.6 is 0 Å². The number of carbonyl (C=O) groups is 1. The van der Waals surface area contributed by atoms with Gasteiger partial charge in [0.05, 0.1) is 29.0 Å². The molecule has 1 N–H and O–H groups in total. The van der Waals surface area contributed by atoms with Crippen molar-refractivity contribution in [3.8, 4) is 0 Å². The molecule has 148 valence electrons. The molecule has 1 aliphatic carbocycles. The Bertz CT molecular complexity index is 1030. The summed E-state index contributed by atoms with van der Waals surface area (Å²) in [7, 11) is 0. The van der Waals surface area contributed by atoms with Crippen molar-refractivity contribution in [3.63, 3.8) is 0 Å². The molecule has 0 radical (unpaired) electrons. The topological polar surface area (TPSA) is 59.8 Å². The number of hydrogen-bond donors (Lipinski definition) is 1. The second kappa shape index (κ2) is 6.83. The van der Waals surface area contributed by atoms with Crippen LogP contribution in [0.1, 0.15) is 59.9 Å². The molecule has 0 fully saturated rings. The van der Waals surface area contributed by atoms with Gasteiger partial charge in [-0.2, -0.15) is 5.10 Å². The lowest BCUT2D eigenvalue weighted by Crippen LogP contribution is -2.38. The van der Waals surface area contributed by atoms with Crippen LogP contribution in [0.15, 0.2) is 54.9 Å². The van der Waals surface area contributed by atoms with Gasteiger partial charge in [-0.05, 0) is 62.3 Å². The van der Waals surface area contributed by atoms with E-state index in [1.54, 1.807) is 6.20 Å². The van der Waals surface area contributed by atoms with E-state index in [1.807, 2.05) is 29.1 Å². The summed E-state index contributed by atoms with van der Waals surface area (Å²) in [5.74, 6) is 1.38. The van der Waals surface area contributed by atoms with Gasteiger partial charge < -0.3 is 5.32 Å². The zero-order chi connectivity index (χ0) is 20.0. The molecule has 0 saturated carbocycles. The van der Waals surface area contributed by atoms with Crippen LogP contribution in [-0.4, -0.2) is 20.5 Å². The summed E-state index contributed by atoms with van der Waals surface area (Å²) in [5, 5.41) is 8.14. The maximum absolute atomic E-state index is 13.2. The van der Waals surface area contributed by atoms with Gasteiger partial charge in [-0.25, -0.2) is 4.68 Å². The number of nitrogens with zero attached hydrogens (tertiary/aromatic N) is 3. The largest absolute Gasteiger partial charge is 0.361 e. The highest BCUT2D eigenvalue weighted by atomic mass is 16.1. The van der Waals surface area contributed by atoms with Gasteiger partial charge in [0.25, 0.3) is 0 Å². The van der Waals surface area contributed by atoms with Gasteiger partial charge in [0.15, 0.2) is 5.78 Å². The van der Waals surface area contributed by atoms with Crippen LogP contribution in [0.25, 0.3) is 0 Å². The van der Waals surface area contributed by atoms with Crippen molar-refractivity contribution in [3.05, 3.63) is 77.2 Å². The number of hydrogen-bond acceptors (Lipinski definition) is 4. The first-order valence-corrected chi connectivity index (χ1v) is 10.4. The van der Waals surface area contributed by atoms with Crippen LogP contribution < -0.4 is 5.32 Å². The number of anilines is 1. The highest BCUT2D eigenvalue weighted by Gasteiger charge is 2.37. The molecule has 2 aliphatic rings. The third-order valence-corrected chi connectivity index (χ3v) is 6.31. The summed E-state index contributed by atoms with van der Waals surface area (Å²) < 4.78 is 1.98.